The van der Waals surface area contributed by atoms with Crippen molar-refractivity contribution in [2.75, 3.05) is 5.73 Å². The Labute approximate surface area is 77.2 Å². The first kappa shape index (κ1) is 8.94. The molecule has 0 aliphatic heterocycles. The highest BCUT2D eigenvalue weighted by Crippen LogP contribution is 2.19. The number of H-pyrrole nitrogens is 1. The second-order valence-electron chi connectivity index (χ2n) is 2.76. The van der Waals surface area contributed by atoms with Gasteiger partial charge in [-0.15, -0.1) is 12.4 Å². The molecule has 1 aromatic carbocycles. The van der Waals surface area contributed by atoms with Crippen molar-refractivity contribution < 1.29 is 0 Å². The summed E-state index contributed by atoms with van der Waals surface area (Å²) in [6.45, 7) is 2.08. The number of nitrogens with two attached hydrogens (primary N) is 1. The normalized spacial score (nSPS) is 9.75. The topological polar surface area (TPSA) is 41.8 Å². The van der Waals surface area contributed by atoms with Gasteiger partial charge in [0.25, 0.3) is 0 Å². The molecule has 3 heteroatoms. The minimum Gasteiger partial charge on any atom is -0.385 e. The molecule has 2 aromatic rings. The van der Waals surface area contributed by atoms with Gasteiger partial charge in [0.2, 0.25) is 0 Å². The number of nitrogens with one attached hydrogen (secondary N) is 1. The van der Waals surface area contributed by atoms with Crippen molar-refractivity contribution in [3.63, 3.8) is 0 Å². The molecule has 0 bridgehead atoms. The van der Waals surface area contributed by atoms with Gasteiger partial charge in [-0.2, -0.15) is 0 Å². The molecule has 64 valence electrons. The van der Waals surface area contributed by atoms with Crippen LogP contribution in [0, 0.1) is 6.92 Å². The fourth-order valence-electron chi connectivity index (χ4n) is 1.33. The van der Waals surface area contributed by atoms with Gasteiger partial charge in [-0.25, -0.2) is 0 Å². The van der Waals surface area contributed by atoms with Crippen molar-refractivity contribution in [2.45, 2.75) is 6.92 Å². The lowest BCUT2D eigenvalue weighted by Crippen LogP contribution is -1.80. The van der Waals surface area contributed by atoms with E-state index in [1.165, 1.54) is 10.9 Å². The van der Waals surface area contributed by atoms with Gasteiger partial charge in [0, 0.05) is 10.9 Å². The molecule has 3 N–H and O–H groups in total. The van der Waals surface area contributed by atoms with E-state index in [9.17, 15) is 0 Å². The zero-order valence-corrected chi connectivity index (χ0v) is 7.61. The van der Waals surface area contributed by atoms with Crippen molar-refractivity contribution in [1.82, 2.24) is 4.98 Å². The number of rotatable bonds is 0. The molecule has 1 heterocycles. The summed E-state index contributed by atoms with van der Waals surface area (Å²) < 4.78 is 0. The number of nitrogen functional groups attached to an aromatic ring is 1. The predicted octanol–water partition coefficient (Wildman–Crippen LogP) is 2.48. The molecule has 0 fully saturated rings. The quantitative estimate of drug-likeness (QED) is 0.646. The van der Waals surface area contributed by atoms with Crippen LogP contribution in [0.2, 0.25) is 0 Å². The van der Waals surface area contributed by atoms with Crippen LogP contribution in [0.1, 0.15) is 5.56 Å². The van der Waals surface area contributed by atoms with Crippen LogP contribution in [-0.2, 0) is 0 Å². The minimum atomic E-state index is 0. The summed E-state index contributed by atoms with van der Waals surface area (Å²) in [5.41, 5.74) is 7.98. The molecule has 2 rings (SSSR count). The average molecular weight is 183 g/mol. The Bertz CT molecular complexity index is 392. The standard InChI is InChI=1S/C9H10N2.ClH/c1-6-3-2-4-8-7(6)5-9(10)11-8;/h2-5,11H,10H2,1H3;1H. The highest BCUT2D eigenvalue weighted by molar-refractivity contribution is 5.86. The van der Waals surface area contributed by atoms with Crippen molar-refractivity contribution in [1.29, 1.82) is 0 Å². The highest BCUT2D eigenvalue weighted by atomic mass is 35.5. The van der Waals surface area contributed by atoms with E-state index < -0.39 is 0 Å². The third kappa shape index (κ3) is 1.25. The molecule has 0 radical (unpaired) electrons. The molecule has 12 heavy (non-hydrogen) atoms. The molecule has 0 aliphatic carbocycles. The van der Waals surface area contributed by atoms with Crippen molar-refractivity contribution in [3.8, 4) is 0 Å². The van der Waals surface area contributed by atoms with E-state index in [0.717, 1.165) is 11.3 Å². The summed E-state index contributed by atoms with van der Waals surface area (Å²) in [4.78, 5) is 3.08. The number of aryl methyl sites for hydroxylation is 1. The van der Waals surface area contributed by atoms with E-state index in [1.54, 1.807) is 0 Å². The minimum absolute atomic E-state index is 0. The first-order chi connectivity index (χ1) is 5.27. The van der Waals surface area contributed by atoms with E-state index in [4.69, 9.17) is 5.73 Å². The smallest absolute Gasteiger partial charge is 0.101 e. The molecular weight excluding hydrogens is 172 g/mol. The largest absolute Gasteiger partial charge is 0.385 e. The molecule has 1 aromatic heterocycles. The predicted molar refractivity (Wildman–Crippen MR) is 54.7 cm³/mol. The summed E-state index contributed by atoms with van der Waals surface area (Å²) in [6.07, 6.45) is 0. The van der Waals surface area contributed by atoms with E-state index >= 15 is 0 Å². The molecule has 0 saturated heterocycles. The zero-order valence-electron chi connectivity index (χ0n) is 6.79. The van der Waals surface area contributed by atoms with E-state index in [2.05, 4.69) is 18.0 Å². The van der Waals surface area contributed by atoms with Gasteiger partial charge in [0.05, 0.1) is 0 Å². The highest BCUT2D eigenvalue weighted by Gasteiger charge is 1.98. The Hall–Kier alpha value is -1.15. The van der Waals surface area contributed by atoms with Gasteiger partial charge in [-0.3, -0.25) is 0 Å². The zero-order chi connectivity index (χ0) is 7.84. The Kier molecular flexibility index (Phi) is 2.29. The Morgan fingerprint density at radius 1 is 1.33 bits per heavy atom. The van der Waals surface area contributed by atoms with Gasteiger partial charge >= 0.3 is 0 Å². The first-order valence-corrected chi connectivity index (χ1v) is 3.61. The molecule has 0 aliphatic rings. The van der Waals surface area contributed by atoms with E-state index in [0.29, 0.717) is 0 Å². The van der Waals surface area contributed by atoms with Crippen LogP contribution in [0.15, 0.2) is 24.3 Å². The number of halogens is 1. The van der Waals surface area contributed by atoms with Crippen LogP contribution < -0.4 is 5.73 Å². The summed E-state index contributed by atoms with van der Waals surface area (Å²) >= 11 is 0. The number of hydrogen-bond donors (Lipinski definition) is 2. The molecule has 0 saturated carbocycles. The number of hydrogen-bond acceptors (Lipinski definition) is 1. The summed E-state index contributed by atoms with van der Waals surface area (Å²) in [6, 6.07) is 8.09. The molecule has 0 spiro atoms. The van der Waals surface area contributed by atoms with Gasteiger partial charge < -0.3 is 10.7 Å². The van der Waals surface area contributed by atoms with Crippen LogP contribution in [-0.4, -0.2) is 4.98 Å². The second-order valence-corrected chi connectivity index (χ2v) is 2.76. The lowest BCUT2D eigenvalue weighted by molar-refractivity contribution is 1.47. The maximum absolute atomic E-state index is 5.60. The second kappa shape index (κ2) is 3.07. The molecule has 0 unspecified atom stereocenters. The van der Waals surface area contributed by atoms with Crippen LogP contribution in [0.25, 0.3) is 10.9 Å². The van der Waals surface area contributed by atoms with Crippen LogP contribution in [0.3, 0.4) is 0 Å². The Morgan fingerprint density at radius 2 is 2.08 bits per heavy atom. The Morgan fingerprint density at radius 3 is 2.75 bits per heavy atom. The van der Waals surface area contributed by atoms with E-state index in [1.807, 2.05) is 18.2 Å². The van der Waals surface area contributed by atoms with Gasteiger partial charge in [0.15, 0.2) is 0 Å². The number of aromatic amines is 1. The molecule has 2 nitrogen and oxygen atoms in total. The SMILES string of the molecule is Cc1cccc2[nH]c(N)cc12.Cl. The first-order valence-electron chi connectivity index (χ1n) is 3.61. The molecule has 0 atom stereocenters. The number of fused-ring (bicyclic) bond motifs is 1. The number of benzene rings is 1. The summed E-state index contributed by atoms with van der Waals surface area (Å²) in [5.74, 6) is 0.731. The summed E-state index contributed by atoms with van der Waals surface area (Å²) in [7, 11) is 0. The molecule has 0 amide bonds. The maximum Gasteiger partial charge on any atom is 0.101 e. The lowest BCUT2D eigenvalue weighted by atomic mass is 10.1. The number of anilines is 1. The van der Waals surface area contributed by atoms with E-state index in [-0.39, 0.29) is 12.4 Å². The van der Waals surface area contributed by atoms with Crippen molar-refractivity contribution in [2.24, 2.45) is 0 Å². The average Bonchev–Trinajstić information content (AvgIpc) is 2.31. The van der Waals surface area contributed by atoms with Crippen LogP contribution in [0.4, 0.5) is 5.82 Å². The van der Waals surface area contributed by atoms with Gasteiger partial charge in [-0.1, -0.05) is 12.1 Å². The fourth-order valence-corrected chi connectivity index (χ4v) is 1.33. The lowest BCUT2D eigenvalue weighted by Gasteiger charge is -1.91. The van der Waals surface area contributed by atoms with Gasteiger partial charge in [-0.05, 0) is 24.6 Å². The summed E-state index contributed by atoms with van der Waals surface area (Å²) in [5, 5.41) is 1.21. The van der Waals surface area contributed by atoms with Crippen molar-refractivity contribution in [3.05, 3.63) is 29.8 Å². The monoisotopic (exact) mass is 182 g/mol. The van der Waals surface area contributed by atoms with Gasteiger partial charge in [0.1, 0.15) is 5.82 Å². The third-order valence-corrected chi connectivity index (χ3v) is 1.90. The van der Waals surface area contributed by atoms with Crippen molar-refractivity contribution >= 4 is 29.1 Å². The van der Waals surface area contributed by atoms with Crippen LogP contribution >= 0.6 is 12.4 Å². The molecular formula is C9H11ClN2. The Balaban J connectivity index is 0.000000720. The van der Waals surface area contributed by atoms with Crippen LogP contribution in [0.5, 0.6) is 0 Å². The number of aromatic nitrogens is 1. The maximum atomic E-state index is 5.60. The third-order valence-electron chi connectivity index (χ3n) is 1.90. The fraction of sp³-hybridized carbons (Fsp3) is 0.111.